The number of nitrogens with zero attached hydrogens (tertiary/aromatic N) is 2. The van der Waals surface area contributed by atoms with Gasteiger partial charge in [-0.05, 0) is 31.0 Å². The van der Waals surface area contributed by atoms with Crippen molar-refractivity contribution < 1.29 is 4.79 Å². The van der Waals surface area contributed by atoms with E-state index in [0.717, 1.165) is 44.8 Å². The summed E-state index contributed by atoms with van der Waals surface area (Å²) < 4.78 is 0. The fourth-order valence-corrected chi connectivity index (χ4v) is 2.64. The quantitative estimate of drug-likeness (QED) is 0.917. The predicted molar refractivity (Wildman–Crippen MR) is 83.1 cm³/mol. The number of hydrogen-bond acceptors (Lipinski definition) is 2. The van der Waals surface area contributed by atoms with E-state index in [1.807, 2.05) is 23.1 Å². The largest absolute Gasteiger partial charge is 0.322 e. The minimum Gasteiger partial charge on any atom is -0.322 e. The lowest BCUT2D eigenvalue weighted by atomic mass is 10.1. The van der Waals surface area contributed by atoms with Crippen LogP contribution in [0.25, 0.3) is 0 Å². The number of hydrogen-bond donors (Lipinski definition) is 1. The van der Waals surface area contributed by atoms with Crippen LogP contribution in [0.5, 0.6) is 0 Å². The first-order chi connectivity index (χ1) is 9.74. The van der Waals surface area contributed by atoms with Crippen molar-refractivity contribution >= 4 is 11.7 Å². The van der Waals surface area contributed by atoms with Crippen molar-refractivity contribution in [2.24, 2.45) is 0 Å². The molecule has 1 aliphatic rings. The highest BCUT2D eigenvalue weighted by atomic mass is 16.2. The lowest BCUT2D eigenvalue weighted by molar-refractivity contribution is 0.147. The normalized spacial score (nSPS) is 16.2. The van der Waals surface area contributed by atoms with Gasteiger partial charge in [-0.15, -0.1) is 0 Å². The van der Waals surface area contributed by atoms with E-state index in [4.69, 9.17) is 0 Å². The van der Waals surface area contributed by atoms with Crippen molar-refractivity contribution in [1.82, 2.24) is 9.80 Å². The zero-order chi connectivity index (χ0) is 14.4. The molecule has 20 heavy (non-hydrogen) atoms. The Hall–Kier alpha value is -1.55. The molecule has 0 radical (unpaired) electrons. The van der Waals surface area contributed by atoms with Crippen molar-refractivity contribution in [1.29, 1.82) is 0 Å². The first-order valence-corrected chi connectivity index (χ1v) is 7.60. The molecule has 2 amide bonds. The van der Waals surface area contributed by atoms with Gasteiger partial charge in [-0.2, -0.15) is 0 Å². The maximum Gasteiger partial charge on any atom is 0.321 e. The molecular formula is C16H25N3O. The summed E-state index contributed by atoms with van der Waals surface area (Å²) in [4.78, 5) is 16.6. The predicted octanol–water partition coefficient (Wildman–Crippen LogP) is 2.81. The van der Waals surface area contributed by atoms with E-state index >= 15 is 0 Å². The third-order valence-corrected chi connectivity index (χ3v) is 3.84. The number of amides is 2. The SMILES string of the molecule is CCCN1CCN(C(=O)Nc2ccccc2CC)CC1. The number of para-hydroxylation sites is 1. The summed E-state index contributed by atoms with van der Waals surface area (Å²) in [7, 11) is 0. The lowest BCUT2D eigenvalue weighted by Crippen LogP contribution is -2.50. The van der Waals surface area contributed by atoms with Crippen LogP contribution in [0.15, 0.2) is 24.3 Å². The average molecular weight is 275 g/mol. The molecule has 1 aliphatic heterocycles. The molecule has 1 saturated heterocycles. The molecular weight excluding hydrogens is 250 g/mol. The van der Waals surface area contributed by atoms with Crippen molar-refractivity contribution in [3.8, 4) is 0 Å². The van der Waals surface area contributed by atoms with Crippen LogP contribution >= 0.6 is 0 Å². The summed E-state index contributed by atoms with van der Waals surface area (Å²) in [5, 5.41) is 3.05. The standard InChI is InChI=1S/C16H25N3O/c1-3-9-18-10-12-19(13-11-18)16(20)17-15-8-6-5-7-14(15)4-2/h5-8H,3-4,9-13H2,1-2H3,(H,17,20). The van der Waals surface area contributed by atoms with Crippen LogP contribution in [0.1, 0.15) is 25.8 Å². The molecule has 4 nitrogen and oxygen atoms in total. The molecule has 0 atom stereocenters. The van der Waals surface area contributed by atoms with Crippen LogP contribution in [-0.2, 0) is 6.42 Å². The number of rotatable bonds is 4. The Labute approximate surface area is 121 Å². The van der Waals surface area contributed by atoms with Gasteiger partial charge in [0.15, 0.2) is 0 Å². The second-order valence-electron chi connectivity index (χ2n) is 5.27. The molecule has 0 saturated carbocycles. The number of nitrogens with one attached hydrogen (secondary N) is 1. The summed E-state index contributed by atoms with van der Waals surface area (Å²) in [6.45, 7) is 9.04. The molecule has 0 aliphatic carbocycles. The Kier molecular flexibility index (Phi) is 5.41. The van der Waals surface area contributed by atoms with E-state index in [9.17, 15) is 4.79 Å². The van der Waals surface area contributed by atoms with Gasteiger partial charge in [-0.25, -0.2) is 4.79 Å². The Morgan fingerprint density at radius 2 is 1.85 bits per heavy atom. The van der Waals surface area contributed by atoms with Crippen LogP contribution in [0.3, 0.4) is 0 Å². The minimum atomic E-state index is 0.0297. The van der Waals surface area contributed by atoms with Crippen LogP contribution < -0.4 is 5.32 Å². The molecule has 4 heteroatoms. The van der Waals surface area contributed by atoms with Gasteiger partial charge in [0.2, 0.25) is 0 Å². The molecule has 1 N–H and O–H groups in total. The smallest absolute Gasteiger partial charge is 0.321 e. The van der Waals surface area contributed by atoms with Gasteiger partial charge in [0.05, 0.1) is 0 Å². The third kappa shape index (κ3) is 3.73. The lowest BCUT2D eigenvalue weighted by Gasteiger charge is -2.34. The molecule has 110 valence electrons. The fourth-order valence-electron chi connectivity index (χ4n) is 2.64. The van der Waals surface area contributed by atoms with Crippen molar-refractivity contribution in [3.05, 3.63) is 29.8 Å². The van der Waals surface area contributed by atoms with Gasteiger partial charge in [-0.1, -0.05) is 32.0 Å². The van der Waals surface area contributed by atoms with Crippen LogP contribution in [0.2, 0.25) is 0 Å². The summed E-state index contributed by atoms with van der Waals surface area (Å²) in [6.07, 6.45) is 2.11. The Morgan fingerprint density at radius 3 is 2.50 bits per heavy atom. The molecule has 1 fully saturated rings. The first-order valence-electron chi connectivity index (χ1n) is 7.60. The molecule has 0 bridgehead atoms. The second kappa shape index (κ2) is 7.29. The molecule has 0 spiro atoms. The van der Waals surface area contributed by atoms with Gasteiger partial charge >= 0.3 is 6.03 Å². The van der Waals surface area contributed by atoms with Crippen LogP contribution in [-0.4, -0.2) is 48.6 Å². The Bertz CT molecular complexity index is 439. The monoisotopic (exact) mass is 275 g/mol. The Morgan fingerprint density at radius 1 is 1.15 bits per heavy atom. The van der Waals surface area contributed by atoms with Gasteiger partial charge < -0.3 is 10.2 Å². The van der Waals surface area contributed by atoms with Crippen molar-refractivity contribution in [2.75, 3.05) is 38.0 Å². The molecule has 0 aromatic heterocycles. The van der Waals surface area contributed by atoms with Crippen LogP contribution in [0, 0.1) is 0 Å². The van der Waals surface area contributed by atoms with Crippen molar-refractivity contribution in [3.63, 3.8) is 0 Å². The number of benzene rings is 1. The maximum absolute atomic E-state index is 12.3. The molecule has 0 unspecified atom stereocenters. The third-order valence-electron chi connectivity index (χ3n) is 3.84. The summed E-state index contributed by atoms with van der Waals surface area (Å²) in [5.41, 5.74) is 2.13. The molecule has 1 heterocycles. The van der Waals surface area contributed by atoms with E-state index in [2.05, 4.69) is 30.1 Å². The summed E-state index contributed by atoms with van der Waals surface area (Å²) in [5.74, 6) is 0. The first kappa shape index (κ1) is 14.9. The fraction of sp³-hybridized carbons (Fsp3) is 0.562. The highest BCUT2D eigenvalue weighted by Gasteiger charge is 2.20. The molecule has 1 aromatic rings. The van der Waals surface area contributed by atoms with E-state index in [0.29, 0.717) is 0 Å². The zero-order valence-electron chi connectivity index (χ0n) is 12.6. The average Bonchev–Trinajstić information content (AvgIpc) is 2.49. The van der Waals surface area contributed by atoms with E-state index in [-0.39, 0.29) is 6.03 Å². The van der Waals surface area contributed by atoms with Gasteiger partial charge in [0, 0.05) is 31.9 Å². The van der Waals surface area contributed by atoms with E-state index < -0.39 is 0 Å². The minimum absolute atomic E-state index is 0.0297. The number of anilines is 1. The second-order valence-corrected chi connectivity index (χ2v) is 5.27. The highest BCUT2D eigenvalue weighted by Crippen LogP contribution is 2.16. The van der Waals surface area contributed by atoms with Gasteiger partial charge in [0.1, 0.15) is 0 Å². The molecule has 1 aromatic carbocycles. The summed E-state index contributed by atoms with van der Waals surface area (Å²) in [6, 6.07) is 8.05. The van der Waals surface area contributed by atoms with Crippen LogP contribution in [0.4, 0.5) is 10.5 Å². The number of piperazine rings is 1. The van der Waals surface area contributed by atoms with E-state index in [1.165, 1.54) is 12.0 Å². The number of carbonyl (C=O) groups is 1. The summed E-state index contributed by atoms with van der Waals surface area (Å²) >= 11 is 0. The number of carbonyl (C=O) groups excluding carboxylic acids is 1. The highest BCUT2D eigenvalue weighted by molar-refractivity contribution is 5.90. The number of urea groups is 1. The number of aryl methyl sites for hydroxylation is 1. The molecule has 2 rings (SSSR count). The Balaban J connectivity index is 1.89. The van der Waals surface area contributed by atoms with Crippen molar-refractivity contribution in [2.45, 2.75) is 26.7 Å². The zero-order valence-corrected chi connectivity index (χ0v) is 12.6. The van der Waals surface area contributed by atoms with Gasteiger partial charge in [0.25, 0.3) is 0 Å². The topological polar surface area (TPSA) is 35.6 Å². The van der Waals surface area contributed by atoms with Gasteiger partial charge in [-0.3, -0.25) is 4.90 Å². The maximum atomic E-state index is 12.3. The van der Waals surface area contributed by atoms with E-state index in [1.54, 1.807) is 0 Å².